The zero-order valence-electron chi connectivity index (χ0n) is 22.5. The van der Waals surface area contributed by atoms with Crippen LogP contribution in [-0.4, -0.2) is 59.6 Å². The minimum Gasteiger partial charge on any atom is -0.444 e. The smallest absolute Gasteiger partial charge is 0.410 e. The van der Waals surface area contributed by atoms with Gasteiger partial charge in [-0.15, -0.1) is 0 Å². The number of amides is 2. The Kier molecular flexibility index (Phi) is 8.53. The van der Waals surface area contributed by atoms with E-state index in [0.29, 0.717) is 25.6 Å². The lowest BCUT2D eigenvalue weighted by Gasteiger charge is -2.36. The molecule has 0 unspecified atom stereocenters. The van der Waals surface area contributed by atoms with Crippen molar-refractivity contribution in [3.05, 3.63) is 71.5 Å². The van der Waals surface area contributed by atoms with Gasteiger partial charge >= 0.3 is 6.09 Å². The Balaban J connectivity index is 1.46. The summed E-state index contributed by atoms with van der Waals surface area (Å²) in [6, 6.07) is 16.7. The maximum atomic E-state index is 13.9. The fraction of sp³-hybridized carbons (Fsp3) is 0.533. The lowest BCUT2D eigenvalue weighted by Crippen LogP contribution is -2.49. The SMILES string of the molecule is C[C@@H](N[C@@H]1CN(C(=O)OC(C)(C)C)C[C@H]1C(=O)N1CCC[C@@H](Cc2ccc(F)cc2)C1)c1ccccc1. The Morgan fingerprint density at radius 1 is 1.03 bits per heavy atom. The number of carbonyl (C=O) groups excluding carboxylic acids is 2. The first-order chi connectivity index (χ1) is 17.6. The van der Waals surface area contributed by atoms with E-state index in [2.05, 4.69) is 24.4 Å². The van der Waals surface area contributed by atoms with E-state index < -0.39 is 5.60 Å². The van der Waals surface area contributed by atoms with Crippen LogP contribution >= 0.6 is 0 Å². The summed E-state index contributed by atoms with van der Waals surface area (Å²) in [6.45, 7) is 9.82. The van der Waals surface area contributed by atoms with E-state index in [-0.39, 0.29) is 35.8 Å². The van der Waals surface area contributed by atoms with Crippen molar-refractivity contribution in [2.75, 3.05) is 26.2 Å². The molecule has 2 aliphatic heterocycles. The summed E-state index contributed by atoms with van der Waals surface area (Å²) in [5, 5.41) is 3.64. The van der Waals surface area contributed by atoms with Crippen LogP contribution in [0.3, 0.4) is 0 Å². The highest BCUT2D eigenvalue weighted by Crippen LogP contribution is 2.28. The zero-order chi connectivity index (χ0) is 26.6. The molecule has 2 saturated heterocycles. The molecule has 0 radical (unpaired) electrons. The molecule has 6 nitrogen and oxygen atoms in total. The van der Waals surface area contributed by atoms with Crippen molar-refractivity contribution >= 4 is 12.0 Å². The summed E-state index contributed by atoms with van der Waals surface area (Å²) >= 11 is 0. The number of nitrogens with zero attached hydrogens (tertiary/aromatic N) is 2. The highest BCUT2D eigenvalue weighted by atomic mass is 19.1. The van der Waals surface area contributed by atoms with Gasteiger partial charge in [-0.3, -0.25) is 4.79 Å². The maximum Gasteiger partial charge on any atom is 0.410 e. The molecule has 4 rings (SSSR count). The van der Waals surface area contributed by atoms with E-state index in [1.807, 2.05) is 56.0 Å². The third-order valence-electron chi connectivity index (χ3n) is 7.32. The number of hydrogen-bond acceptors (Lipinski definition) is 4. The number of benzene rings is 2. The number of carbonyl (C=O) groups is 2. The highest BCUT2D eigenvalue weighted by Gasteiger charge is 2.43. The van der Waals surface area contributed by atoms with Crippen LogP contribution in [0.1, 0.15) is 57.7 Å². The molecular weight excluding hydrogens is 469 g/mol. The van der Waals surface area contributed by atoms with Crippen LogP contribution < -0.4 is 5.32 Å². The predicted molar refractivity (Wildman–Crippen MR) is 142 cm³/mol. The van der Waals surface area contributed by atoms with Gasteiger partial charge in [0.25, 0.3) is 0 Å². The normalized spacial score (nSPS) is 23.1. The van der Waals surface area contributed by atoms with Crippen molar-refractivity contribution in [1.29, 1.82) is 0 Å². The topological polar surface area (TPSA) is 61.9 Å². The van der Waals surface area contributed by atoms with Gasteiger partial charge < -0.3 is 19.9 Å². The van der Waals surface area contributed by atoms with Gasteiger partial charge in [-0.2, -0.15) is 0 Å². The molecule has 1 N–H and O–H groups in total. The van der Waals surface area contributed by atoms with Crippen molar-refractivity contribution in [3.8, 4) is 0 Å². The van der Waals surface area contributed by atoms with Crippen molar-refractivity contribution in [3.63, 3.8) is 0 Å². The Hall–Kier alpha value is -2.93. The second-order valence-corrected chi connectivity index (χ2v) is 11.5. The molecule has 2 amide bonds. The number of ether oxygens (including phenoxy) is 1. The van der Waals surface area contributed by atoms with Crippen LogP contribution in [0.5, 0.6) is 0 Å². The molecule has 0 spiro atoms. The number of halogens is 1. The van der Waals surface area contributed by atoms with Gasteiger partial charge in [0.1, 0.15) is 11.4 Å². The van der Waals surface area contributed by atoms with Gasteiger partial charge in [-0.25, -0.2) is 9.18 Å². The highest BCUT2D eigenvalue weighted by molar-refractivity contribution is 5.82. The molecule has 2 aliphatic rings. The summed E-state index contributed by atoms with van der Waals surface area (Å²) < 4.78 is 19.0. The van der Waals surface area contributed by atoms with E-state index in [9.17, 15) is 14.0 Å². The van der Waals surface area contributed by atoms with Gasteiger partial charge in [0.05, 0.1) is 5.92 Å². The third-order valence-corrected chi connectivity index (χ3v) is 7.32. The van der Waals surface area contributed by atoms with Gasteiger partial charge in [0.2, 0.25) is 5.91 Å². The summed E-state index contributed by atoms with van der Waals surface area (Å²) in [7, 11) is 0. The molecule has 4 atom stereocenters. The van der Waals surface area contributed by atoms with E-state index in [4.69, 9.17) is 4.74 Å². The molecule has 0 aromatic heterocycles. The molecule has 37 heavy (non-hydrogen) atoms. The lowest BCUT2D eigenvalue weighted by atomic mass is 9.90. The molecule has 2 heterocycles. The summed E-state index contributed by atoms with van der Waals surface area (Å²) in [5.74, 6) is -0.153. The van der Waals surface area contributed by atoms with Crippen LogP contribution in [0.25, 0.3) is 0 Å². The van der Waals surface area contributed by atoms with Crippen LogP contribution in [0, 0.1) is 17.7 Å². The average molecular weight is 510 g/mol. The van der Waals surface area contributed by atoms with Crippen molar-refractivity contribution in [2.24, 2.45) is 11.8 Å². The second-order valence-electron chi connectivity index (χ2n) is 11.5. The lowest BCUT2D eigenvalue weighted by molar-refractivity contribution is -0.137. The number of hydrogen-bond donors (Lipinski definition) is 1. The van der Waals surface area contributed by atoms with Crippen LogP contribution in [0.15, 0.2) is 54.6 Å². The quantitative estimate of drug-likeness (QED) is 0.582. The van der Waals surface area contributed by atoms with Crippen molar-refractivity contribution in [1.82, 2.24) is 15.1 Å². The van der Waals surface area contributed by atoms with E-state index >= 15 is 0 Å². The number of piperidine rings is 1. The van der Waals surface area contributed by atoms with Gasteiger partial charge in [0.15, 0.2) is 0 Å². The van der Waals surface area contributed by atoms with E-state index in [1.54, 1.807) is 4.90 Å². The fourth-order valence-corrected chi connectivity index (χ4v) is 5.48. The molecule has 0 saturated carbocycles. The molecular formula is C30H40FN3O3. The molecule has 2 aromatic carbocycles. The zero-order valence-corrected chi connectivity index (χ0v) is 22.5. The summed E-state index contributed by atoms with van der Waals surface area (Å²) in [4.78, 5) is 30.4. The van der Waals surface area contributed by atoms with Crippen LogP contribution in [0.2, 0.25) is 0 Å². The van der Waals surface area contributed by atoms with E-state index in [1.165, 1.54) is 12.1 Å². The predicted octanol–water partition coefficient (Wildman–Crippen LogP) is 5.19. The molecule has 7 heteroatoms. The van der Waals surface area contributed by atoms with Gasteiger partial charge in [-0.1, -0.05) is 42.5 Å². The first-order valence-corrected chi connectivity index (χ1v) is 13.4. The third kappa shape index (κ3) is 7.31. The largest absolute Gasteiger partial charge is 0.444 e. The first kappa shape index (κ1) is 27.1. The standard InChI is InChI=1S/C30H40FN3O3/c1-21(24-10-6-5-7-11-24)32-27-20-34(29(36)37-30(2,3)4)19-26(27)28(35)33-16-8-9-23(18-33)17-22-12-14-25(31)15-13-22/h5-7,10-15,21,23,26-27,32H,8-9,16-20H2,1-4H3/t21-,23+,26-,27-/m1/s1. The number of rotatable bonds is 6. The maximum absolute atomic E-state index is 13.9. The van der Waals surface area contributed by atoms with Crippen LogP contribution in [0.4, 0.5) is 9.18 Å². The van der Waals surface area contributed by atoms with Crippen LogP contribution in [-0.2, 0) is 16.0 Å². The van der Waals surface area contributed by atoms with Crippen molar-refractivity contribution < 1.29 is 18.7 Å². The molecule has 0 bridgehead atoms. The molecule has 200 valence electrons. The first-order valence-electron chi connectivity index (χ1n) is 13.4. The molecule has 2 aromatic rings. The Bertz CT molecular complexity index is 1050. The fourth-order valence-electron chi connectivity index (χ4n) is 5.48. The second kappa shape index (κ2) is 11.6. The summed E-state index contributed by atoms with van der Waals surface area (Å²) in [6.07, 6.45) is 2.43. The summed E-state index contributed by atoms with van der Waals surface area (Å²) in [5.41, 5.74) is 1.63. The van der Waals surface area contributed by atoms with E-state index in [0.717, 1.165) is 36.9 Å². The van der Waals surface area contributed by atoms with Crippen molar-refractivity contribution in [2.45, 2.75) is 64.6 Å². The molecule has 2 fully saturated rings. The monoisotopic (exact) mass is 509 g/mol. The number of likely N-dealkylation sites (tertiary alicyclic amines) is 2. The minimum atomic E-state index is -0.597. The van der Waals surface area contributed by atoms with Gasteiger partial charge in [0, 0.05) is 38.3 Å². The molecule has 0 aliphatic carbocycles. The van der Waals surface area contributed by atoms with Gasteiger partial charge in [-0.05, 0) is 76.1 Å². The number of nitrogens with one attached hydrogen (secondary N) is 1. The Morgan fingerprint density at radius 3 is 2.41 bits per heavy atom. The Labute approximate surface area is 220 Å². The Morgan fingerprint density at radius 2 is 1.73 bits per heavy atom. The minimum absolute atomic E-state index is 0.0349. The average Bonchev–Trinajstić information content (AvgIpc) is 3.28.